The van der Waals surface area contributed by atoms with Crippen molar-refractivity contribution in [1.29, 1.82) is 0 Å². The molecule has 0 bridgehead atoms. The Balaban J connectivity index is 0.000000244. The number of amides is 1. The molecule has 2 N–H and O–H groups in total. The van der Waals surface area contributed by atoms with Crippen molar-refractivity contribution in [2.45, 2.75) is 216 Å². The number of aromatic nitrogens is 2. The molecule has 0 unspecified atom stereocenters. The fourth-order valence-corrected chi connectivity index (χ4v) is 17.1. The van der Waals surface area contributed by atoms with Crippen molar-refractivity contribution >= 4 is 11.7 Å². The summed E-state index contributed by atoms with van der Waals surface area (Å²) in [5.41, 5.74) is 3.58. The van der Waals surface area contributed by atoms with Gasteiger partial charge in [-0.05, 0) is 244 Å². The van der Waals surface area contributed by atoms with Crippen LogP contribution in [0.25, 0.3) is 0 Å². The minimum absolute atomic E-state index is 0. The van der Waals surface area contributed by atoms with Gasteiger partial charge in [-0.2, -0.15) is 6.42 Å². The van der Waals surface area contributed by atoms with Crippen LogP contribution < -0.4 is 18.9 Å². The van der Waals surface area contributed by atoms with E-state index in [4.69, 9.17) is 4.84 Å². The van der Waals surface area contributed by atoms with Gasteiger partial charge in [-0.25, -0.2) is 5.06 Å². The summed E-state index contributed by atoms with van der Waals surface area (Å²) >= 11 is 0. The molecule has 9 heteroatoms. The topological polar surface area (TPSA) is 113 Å². The molecule has 396 valence electrons. The van der Waals surface area contributed by atoms with Gasteiger partial charge in [0.15, 0.2) is 0 Å². The summed E-state index contributed by atoms with van der Waals surface area (Å²) in [6, 6.07) is 12.0. The minimum Gasteiger partial charge on any atom is -0.390 e. The largest absolute Gasteiger partial charge is 1.00 e. The maximum Gasteiger partial charge on any atom is 1.00 e. The number of Topliss-reactive ketones (excluding diaryl/α,β-unsaturated/α-hetero) is 1. The van der Waals surface area contributed by atoms with Crippen LogP contribution in [0.2, 0.25) is 0 Å². The number of hydroxylamine groups is 2. The second-order valence-corrected chi connectivity index (χ2v) is 24.9. The van der Waals surface area contributed by atoms with Crippen LogP contribution in [0.1, 0.15) is 201 Å². The zero-order valence-corrected chi connectivity index (χ0v) is 45.4. The van der Waals surface area contributed by atoms with Gasteiger partial charge >= 0.3 is 18.9 Å². The van der Waals surface area contributed by atoms with Crippen molar-refractivity contribution in [3.63, 3.8) is 0 Å². The summed E-state index contributed by atoms with van der Waals surface area (Å²) in [6.45, 7) is 20.6. The van der Waals surface area contributed by atoms with Gasteiger partial charge in [0.25, 0.3) is 0 Å². The number of nitrogens with zero attached hydrogens (tertiary/aromatic N) is 3. The Morgan fingerprint density at radius 3 is 1.48 bits per heavy atom. The summed E-state index contributed by atoms with van der Waals surface area (Å²) in [5.74, 6) is 8.73. The van der Waals surface area contributed by atoms with Crippen LogP contribution in [0.5, 0.6) is 0 Å². The monoisotopic (exact) mass is 976 g/mol. The molecule has 2 heterocycles. The summed E-state index contributed by atoms with van der Waals surface area (Å²) in [4.78, 5) is 40.2. The molecule has 2 aromatic heterocycles. The number of aliphatic hydroxyl groups is 2. The van der Waals surface area contributed by atoms with E-state index in [0.717, 1.165) is 121 Å². The zero-order valence-electron chi connectivity index (χ0n) is 45.4. The van der Waals surface area contributed by atoms with Crippen LogP contribution >= 0.6 is 0 Å². The standard InChI is InChI=1S/C27H39NO2.C22H37NO3.C7H9N.C4H9.2CH4.Li/c1-17-5-4-6-19(28-17)15-25(29)24-10-9-23-22-8-7-18-16-26(2,30)13-11-20(18)21(22)12-14-27(23,24)3;1-21(25)11-9-15-14(13-21)5-6-17-16(15)10-12-22(2)18(17)7-8-19(22)20(24)23(3)26-4;1-6-4-3-5-7(2)8-6;1-3-4-2;;;/h4-6,18,20-24,30H,7-16H2,1-3H3;14-19,25H,5-13H2,1-4H3;3-5H,1-2H3;1,3-4H2,2H3;2*1H4;/q;;;-1;;;+1/t18-,20+,21-,22-,23+,24-,26-,27+;14-,15+,16-,17-,18+,19-,21-,22+;;;;;/m11...../s1. The number of carbonyl (C=O) groups is 2. The van der Waals surface area contributed by atoms with E-state index in [1.54, 1.807) is 14.2 Å². The van der Waals surface area contributed by atoms with E-state index in [-0.39, 0.29) is 62.3 Å². The van der Waals surface area contributed by atoms with Gasteiger partial charge in [0.2, 0.25) is 5.91 Å². The van der Waals surface area contributed by atoms with Crippen LogP contribution in [0.15, 0.2) is 36.4 Å². The Morgan fingerprint density at radius 1 is 0.634 bits per heavy atom. The third-order valence-electron chi connectivity index (χ3n) is 20.4. The van der Waals surface area contributed by atoms with Crippen molar-refractivity contribution in [3.8, 4) is 0 Å². The molecule has 8 aliphatic carbocycles. The normalized spacial score (nSPS) is 39.1. The number of pyridine rings is 2. The Hall–Kier alpha value is -2.08. The maximum atomic E-state index is 13.4. The van der Waals surface area contributed by atoms with E-state index in [9.17, 15) is 19.8 Å². The van der Waals surface area contributed by atoms with Crippen LogP contribution in [0, 0.1) is 110 Å². The molecule has 0 aliphatic heterocycles. The first-order valence-electron chi connectivity index (χ1n) is 27.6. The molecule has 0 saturated heterocycles. The van der Waals surface area contributed by atoms with Crippen molar-refractivity contribution in [2.75, 3.05) is 14.2 Å². The van der Waals surface area contributed by atoms with Gasteiger partial charge < -0.3 is 17.1 Å². The van der Waals surface area contributed by atoms with Crippen molar-refractivity contribution in [2.24, 2.45) is 81.8 Å². The number of aryl methyl sites for hydroxylation is 3. The number of hydrogen-bond acceptors (Lipinski definition) is 7. The van der Waals surface area contributed by atoms with Gasteiger partial charge in [0.05, 0.1) is 18.3 Å². The van der Waals surface area contributed by atoms with E-state index in [1.807, 2.05) is 71.0 Å². The molecule has 8 aliphatic rings. The second-order valence-electron chi connectivity index (χ2n) is 24.9. The third kappa shape index (κ3) is 13.7. The predicted octanol–water partition coefficient (Wildman–Crippen LogP) is 11.1. The van der Waals surface area contributed by atoms with Crippen LogP contribution in [0.3, 0.4) is 0 Å². The minimum atomic E-state index is -0.439. The van der Waals surface area contributed by atoms with Crippen LogP contribution in [-0.4, -0.2) is 62.3 Å². The molecule has 1 amide bonds. The summed E-state index contributed by atoms with van der Waals surface area (Å²) < 4.78 is 0. The molecule has 71 heavy (non-hydrogen) atoms. The molecule has 16 atom stereocenters. The third-order valence-corrected chi connectivity index (χ3v) is 20.4. The Morgan fingerprint density at radius 2 is 1.06 bits per heavy atom. The number of unbranched alkanes of at least 4 members (excludes halogenated alkanes) is 1. The predicted molar refractivity (Wildman–Crippen MR) is 287 cm³/mol. The zero-order chi connectivity index (χ0) is 49.2. The first kappa shape index (κ1) is 61.5. The van der Waals surface area contributed by atoms with Gasteiger partial charge in [-0.3, -0.25) is 24.4 Å². The van der Waals surface area contributed by atoms with E-state index >= 15 is 0 Å². The van der Waals surface area contributed by atoms with Gasteiger partial charge in [0.1, 0.15) is 5.78 Å². The quantitative estimate of drug-likeness (QED) is 0.168. The molecular weight excluding hydrogens is 874 g/mol. The Labute approximate surface area is 446 Å². The SMILES string of the molecule is C.C.CON(C)C(=O)[C@H]1CC[C@H]2[C@@H]3CC[C@@H]4C[C@](C)(O)CC[C@@H]4[C@H]3CC[C@]12C.Cc1cccc(C)n1.Cc1cccc(CC(=O)[C@H]2CC[C@H]3[C@@H]4CC[C@@H]5C[C@](C)(O)CC[C@@H]5[C@H]4CC[C@]23C)n1.[CH2-]CCC.[Li+]. The molecule has 2 aromatic rings. The molecule has 8 fully saturated rings. The average molecular weight is 976 g/mol. The van der Waals surface area contributed by atoms with Gasteiger partial charge in [-0.15, -0.1) is 0 Å². The number of hydrogen-bond donors (Lipinski definition) is 2. The molecule has 0 radical (unpaired) electrons. The molecular formula is C62H102LiN3O5. The fraction of sp³-hybridized carbons (Fsp3) is 0.790. The first-order valence-corrected chi connectivity index (χ1v) is 27.6. The Bertz CT molecular complexity index is 1990. The van der Waals surface area contributed by atoms with E-state index in [2.05, 4.69) is 37.7 Å². The van der Waals surface area contributed by atoms with Crippen molar-refractivity contribution in [1.82, 2.24) is 15.0 Å². The van der Waals surface area contributed by atoms with E-state index in [0.29, 0.717) is 18.1 Å². The van der Waals surface area contributed by atoms with Crippen LogP contribution in [0.4, 0.5) is 0 Å². The number of ketones is 1. The average Bonchev–Trinajstić information content (AvgIpc) is 3.85. The number of rotatable bonds is 6. The van der Waals surface area contributed by atoms with Gasteiger partial charge in [0, 0.05) is 48.1 Å². The number of carbonyl (C=O) groups excluding carboxylic acids is 2. The smallest absolute Gasteiger partial charge is 0.390 e. The Kier molecular flexibility index (Phi) is 22.2. The first-order chi connectivity index (χ1) is 32.2. The molecule has 10 rings (SSSR count). The fourth-order valence-electron chi connectivity index (χ4n) is 17.1. The molecule has 0 spiro atoms. The maximum absolute atomic E-state index is 13.4. The van der Waals surface area contributed by atoms with Crippen LogP contribution in [-0.2, 0) is 20.8 Å². The van der Waals surface area contributed by atoms with Crippen molar-refractivity contribution in [3.05, 3.63) is 66.1 Å². The number of fused-ring (bicyclic) bond motifs is 10. The molecule has 0 aromatic carbocycles. The summed E-state index contributed by atoms with van der Waals surface area (Å²) in [7, 11) is 3.34. The van der Waals surface area contributed by atoms with E-state index in [1.165, 1.54) is 88.5 Å². The van der Waals surface area contributed by atoms with Crippen molar-refractivity contribution < 1.29 is 43.5 Å². The second kappa shape index (κ2) is 25.6. The summed E-state index contributed by atoms with van der Waals surface area (Å²) in [5, 5.41) is 22.6. The molecule has 8 saturated carbocycles. The van der Waals surface area contributed by atoms with E-state index < -0.39 is 11.2 Å². The van der Waals surface area contributed by atoms with Gasteiger partial charge in [-0.1, -0.05) is 54.2 Å². The molecule has 8 nitrogen and oxygen atoms in total. The summed E-state index contributed by atoms with van der Waals surface area (Å²) in [6.07, 6.45) is 23.9.